The average Bonchev–Trinajstić information content (AvgIpc) is 3.06. The number of esters is 1. The van der Waals surface area contributed by atoms with Gasteiger partial charge in [0.2, 0.25) is 0 Å². The lowest BCUT2D eigenvalue weighted by Gasteiger charge is -2.10. The molecule has 0 saturated heterocycles. The Morgan fingerprint density at radius 1 is 1.18 bits per heavy atom. The highest BCUT2D eigenvalue weighted by atomic mass is 35.5. The molecule has 0 saturated carbocycles. The number of ether oxygens (including phenoxy) is 2. The summed E-state index contributed by atoms with van der Waals surface area (Å²) >= 11 is 18.4. The Morgan fingerprint density at radius 2 is 1.91 bits per heavy atom. The van der Waals surface area contributed by atoms with Crippen LogP contribution in [-0.2, 0) is 16.1 Å². The Kier molecular flexibility index (Phi) is 7.98. The number of nitro groups is 1. The molecule has 1 N–H and O–H groups in total. The highest BCUT2D eigenvalue weighted by Crippen LogP contribution is 2.29. The normalized spacial score (nSPS) is 10.6. The first-order valence-electron chi connectivity index (χ1n) is 9.57. The Morgan fingerprint density at radius 3 is 2.56 bits per heavy atom. The number of rotatable bonds is 8. The van der Waals surface area contributed by atoms with Crippen LogP contribution in [0.15, 0.2) is 36.4 Å². The third-order valence-corrected chi connectivity index (χ3v) is 5.58. The van der Waals surface area contributed by atoms with E-state index in [4.69, 9.17) is 44.3 Å². The summed E-state index contributed by atoms with van der Waals surface area (Å²) in [6.45, 7) is 1.12. The molecular formula is C21H17Cl3N4O6. The van der Waals surface area contributed by atoms with Crippen molar-refractivity contribution >= 4 is 58.1 Å². The molecule has 0 aliphatic carbocycles. The first-order valence-corrected chi connectivity index (χ1v) is 10.7. The maximum Gasteiger partial charge on any atom is 0.343 e. The number of nitrogens with one attached hydrogen (secondary N) is 1. The Bertz CT molecular complexity index is 1280. The molecule has 0 aliphatic heterocycles. The van der Waals surface area contributed by atoms with E-state index in [1.54, 1.807) is 25.1 Å². The number of methoxy groups -OCH3 is 1. The number of nitro benzene ring substituents is 1. The Balaban J connectivity index is 1.67. The van der Waals surface area contributed by atoms with E-state index in [9.17, 15) is 19.7 Å². The van der Waals surface area contributed by atoms with Gasteiger partial charge in [-0.1, -0.05) is 40.9 Å². The number of anilines is 1. The molecule has 3 rings (SSSR count). The molecule has 13 heteroatoms. The van der Waals surface area contributed by atoms with E-state index in [1.165, 1.54) is 23.9 Å². The minimum atomic E-state index is -0.846. The van der Waals surface area contributed by atoms with E-state index in [0.29, 0.717) is 21.3 Å². The maximum absolute atomic E-state index is 12.6. The highest BCUT2D eigenvalue weighted by molar-refractivity contribution is 6.35. The number of hydrogen-bond donors (Lipinski definition) is 1. The topological polar surface area (TPSA) is 126 Å². The lowest BCUT2D eigenvalue weighted by molar-refractivity contribution is -0.384. The first kappa shape index (κ1) is 25.3. The van der Waals surface area contributed by atoms with Gasteiger partial charge in [0.25, 0.3) is 11.6 Å². The fraction of sp³-hybridized carbons (Fsp3) is 0.190. The predicted octanol–water partition coefficient (Wildman–Crippen LogP) is 4.91. The summed E-state index contributed by atoms with van der Waals surface area (Å²) in [5.74, 6) is -1.45. The number of aromatic nitrogens is 2. The minimum absolute atomic E-state index is 0.00692. The number of carbonyl (C=O) groups excluding carboxylic acids is 2. The van der Waals surface area contributed by atoms with Crippen LogP contribution < -0.4 is 10.1 Å². The van der Waals surface area contributed by atoms with Gasteiger partial charge in [0, 0.05) is 16.1 Å². The van der Waals surface area contributed by atoms with Crippen LogP contribution in [0.4, 0.5) is 11.4 Å². The Hall–Kier alpha value is -3.34. The van der Waals surface area contributed by atoms with Crippen molar-refractivity contribution in [2.75, 3.05) is 19.0 Å². The van der Waals surface area contributed by atoms with Gasteiger partial charge in [-0.25, -0.2) is 9.48 Å². The van der Waals surface area contributed by atoms with Gasteiger partial charge in [0.1, 0.15) is 16.5 Å². The average molecular weight is 528 g/mol. The summed E-state index contributed by atoms with van der Waals surface area (Å²) < 4.78 is 11.5. The number of carbonyl (C=O) groups is 2. The molecule has 10 nitrogen and oxygen atoms in total. The SMILES string of the molecule is COc1cc([N+](=O)[O-])ccc1NC(=O)COC(=O)c1c(C)nn(Cc2ccc(Cl)cc2Cl)c1Cl. The molecule has 0 aliphatic rings. The second-order valence-corrected chi connectivity index (χ2v) is 8.11. The van der Waals surface area contributed by atoms with Gasteiger partial charge >= 0.3 is 5.97 Å². The number of amides is 1. The zero-order valence-electron chi connectivity index (χ0n) is 17.8. The number of hydrogen-bond acceptors (Lipinski definition) is 7. The number of aryl methyl sites for hydroxylation is 1. The monoisotopic (exact) mass is 526 g/mol. The molecule has 0 unspecified atom stereocenters. The molecule has 1 aromatic heterocycles. The molecule has 2 aromatic carbocycles. The van der Waals surface area contributed by atoms with Crippen molar-refractivity contribution in [3.05, 3.63) is 78.5 Å². The molecule has 0 spiro atoms. The van der Waals surface area contributed by atoms with Crippen LogP contribution in [0.25, 0.3) is 0 Å². The maximum atomic E-state index is 12.6. The summed E-state index contributed by atoms with van der Waals surface area (Å²) in [6, 6.07) is 8.63. The minimum Gasteiger partial charge on any atom is -0.494 e. The van der Waals surface area contributed by atoms with Crippen LogP contribution in [0.3, 0.4) is 0 Å². The van der Waals surface area contributed by atoms with Crippen molar-refractivity contribution in [1.82, 2.24) is 9.78 Å². The molecule has 34 heavy (non-hydrogen) atoms. The summed E-state index contributed by atoms with van der Waals surface area (Å²) in [5, 5.41) is 18.5. The molecule has 0 atom stereocenters. The van der Waals surface area contributed by atoms with Crippen LogP contribution in [0.5, 0.6) is 5.75 Å². The number of nitrogens with zero attached hydrogens (tertiary/aromatic N) is 3. The van der Waals surface area contributed by atoms with Crippen molar-refractivity contribution in [3.8, 4) is 5.75 Å². The predicted molar refractivity (Wildman–Crippen MR) is 126 cm³/mol. The molecule has 178 valence electrons. The van der Waals surface area contributed by atoms with Gasteiger partial charge in [0.05, 0.1) is 36.0 Å². The lowest BCUT2D eigenvalue weighted by atomic mass is 10.2. The third-order valence-electron chi connectivity index (χ3n) is 4.61. The van der Waals surface area contributed by atoms with Gasteiger partial charge in [-0.3, -0.25) is 14.9 Å². The Labute approximate surface area is 208 Å². The molecule has 0 fully saturated rings. The van der Waals surface area contributed by atoms with Crippen LogP contribution in [0, 0.1) is 17.0 Å². The fourth-order valence-corrected chi connectivity index (χ4v) is 3.77. The van der Waals surface area contributed by atoms with Gasteiger partial charge in [-0.15, -0.1) is 0 Å². The molecular weight excluding hydrogens is 511 g/mol. The van der Waals surface area contributed by atoms with E-state index in [-0.39, 0.29) is 34.4 Å². The fourth-order valence-electron chi connectivity index (χ4n) is 2.99. The summed E-state index contributed by atoms with van der Waals surface area (Å²) in [6.07, 6.45) is 0. The third kappa shape index (κ3) is 5.77. The van der Waals surface area contributed by atoms with Crippen LogP contribution in [0.1, 0.15) is 21.6 Å². The van der Waals surface area contributed by atoms with Gasteiger partial charge in [-0.2, -0.15) is 5.10 Å². The highest BCUT2D eigenvalue weighted by Gasteiger charge is 2.23. The van der Waals surface area contributed by atoms with Crippen LogP contribution in [-0.4, -0.2) is 40.3 Å². The summed E-state index contributed by atoms with van der Waals surface area (Å²) in [5.41, 5.74) is 0.969. The van der Waals surface area contributed by atoms with Crippen molar-refractivity contribution in [2.45, 2.75) is 13.5 Å². The smallest absolute Gasteiger partial charge is 0.343 e. The largest absolute Gasteiger partial charge is 0.494 e. The van der Waals surface area contributed by atoms with Crippen molar-refractivity contribution in [3.63, 3.8) is 0 Å². The zero-order valence-corrected chi connectivity index (χ0v) is 20.1. The zero-order chi connectivity index (χ0) is 25.0. The molecule has 0 bridgehead atoms. The van der Waals surface area contributed by atoms with Crippen LogP contribution >= 0.6 is 34.8 Å². The van der Waals surface area contributed by atoms with Gasteiger partial charge in [0.15, 0.2) is 6.61 Å². The van der Waals surface area contributed by atoms with Gasteiger partial charge in [-0.05, 0) is 30.7 Å². The van der Waals surface area contributed by atoms with Crippen LogP contribution in [0.2, 0.25) is 15.2 Å². The van der Waals surface area contributed by atoms with Crippen molar-refractivity contribution < 1.29 is 24.0 Å². The second kappa shape index (κ2) is 10.7. The standard InChI is InChI=1S/C21H17Cl3N4O6/c1-11-19(20(24)27(26-11)9-12-3-4-13(22)7-15(12)23)21(30)34-10-18(29)25-16-6-5-14(28(31)32)8-17(16)33-2/h3-8H,9-10H2,1-2H3,(H,25,29). The second-order valence-electron chi connectivity index (χ2n) is 6.91. The van der Waals surface area contributed by atoms with E-state index >= 15 is 0 Å². The van der Waals surface area contributed by atoms with E-state index in [0.717, 1.165) is 6.07 Å². The summed E-state index contributed by atoms with van der Waals surface area (Å²) in [4.78, 5) is 35.1. The quantitative estimate of drug-likeness (QED) is 0.250. The van der Waals surface area contributed by atoms with Crippen molar-refractivity contribution in [2.24, 2.45) is 0 Å². The summed E-state index contributed by atoms with van der Waals surface area (Å²) in [7, 11) is 1.30. The molecule has 1 amide bonds. The molecule has 1 heterocycles. The van der Waals surface area contributed by atoms with Gasteiger partial charge < -0.3 is 14.8 Å². The van der Waals surface area contributed by atoms with E-state index in [2.05, 4.69) is 10.4 Å². The van der Waals surface area contributed by atoms with Crippen molar-refractivity contribution in [1.29, 1.82) is 0 Å². The lowest BCUT2D eigenvalue weighted by Crippen LogP contribution is -2.21. The molecule has 3 aromatic rings. The number of halogens is 3. The van der Waals surface area contributed by atoms with E-state index in [1.807, 2.05) is 0 Å². The van der Waals surface area contributed by atoms with E-state index < -0.39 is 23.4 Å². The molecule has 0 radical (unpaired) electrons. The first-order chi connectivity index (χ1) is 16.1. The number of benzene rings is 2. The number of non-ortho nitro benzene ring substituents is 1.